The van der Waals surface area contributed by atoms with Gasteiger partial charge in [0.1, 0.15) is 11.0 Å². The topological polar surface area (TPSA) is 54.0 Å². The highest BCUT2D eigenvalue weighted by atomic mass is 35.5. The summed E-state index contributed by atoms with van der Waals surface area (Å²) in [4.78, 5) is 15.0. The molecule has 1 aliphatic heterocycles. The van der Waals surface area contributed by atoms with Gasteiger partial charge in [0.15, 0.2) is 0 Å². The van der Waals surface area contributed by atoms with Gasteiger partial charge in [-0.2, -0.15) is 0 Å². The van der Waals surface area contributed by atoms with Gasteiger partial charge >= 0.3 is 0 Å². The summed E-state index contributed by atoms with van der Waals surface area (Å²) >= 11 is 5.73. The number of nitrogens with zero attached hydrogens (tertiary/aromatic N) is 1. The Morgan fingerprint density at radius 3 is 3.07 bits per heavy atom. The maximum absolute atomic E-state index is 10.9. The Balaban J connectivity index is 2.00. The molecule has 1 atom stereocenters. The Hall–Kier alpha value is -1.29. The number of nitrogens with one attached hydrogen (secondary N) is 2. The van der Waals surface area contributed by atoms with E-state index in [4.69, 9.17) is 11.6 Å². The average Bonchev–Trinajstić information content (AvgIpc) is 2.51. The first-order valence-corrected chi connectivity index (χ1v) is 4.77. The van der Waals surface area contributed by atoms with Crippen LogP contribution >= 0.6 is 11.6 Å². The molecule has 4 nitrogen and oxygen atoms in total. The van der Waals surface area contributed by atoms with Gasteiger partial charge in [-0.1, -0.05) is 17.7 Å². The van der Waals surface area contributed by atoms with E-state index in [0.717, 1.165) is 0 Å². The maximum atomic E-state index is 10.9. The summed E-state index contributed by atoms with van der Waals surface area (Å²) in [6, 6.07) is 5.48. The summed E-state index contributed by atoms with van der Waals surface area (Å²) in [6.07, 6.45) is 0.494. The molecule has 2 N–H and O–H groups in total. The number of hydrogen-bond acceptors (Lipinski definition) is 3. The molecule has 2 heterocycles. The second kappa shape index (κ2) is 3.84. The van der Waals surface area contributed by atoms with Crippen LogP contribution in [-0.4, -0.2) is 23.5 Å². The average molecular weight is 212 g/mol. The van der Waals surface area contributed by atoms with Crippen LogP contribution in [0.25, 0.3) is 0 Å². The number of pyridine rings is 1. The highest BCUT2D eigenvalue weighted by molar-refractivity contribution is 6.29. The van der Waals surface area contributed by atoms with E-state index in [1.807, 2.05) is 12.1 Å². The lowest BCUT2D eigenvalue weighted by Gasteiger charge is -2.10. The third-order valence-corrected chi connectivity index (χ3v) is 2.26. The van der Waals surface area contributed by atoms with Crippen LogP contribution in [0.3, 0.4) is 0 Å². The van der Waals surface area contributed by atoms with Crippen LogP contribution in [0, 0.1) is 0 Å². The number of anilines is 1. The zero-order valence-corrected chi connectivity index (χ0v) is 8.21. The highest BCUT2D eigenvalue weighted by Gasteiger charge is 2.21. The van der Waals surface area contributed by atoms with E-state index in [1.54, 1.807) is 6.07 Å². The monoisotopic (exact) mass is 211 g/mol. The van der Waals surface area contributed by atoms with Crippen LogP contribution in [0.15, 0.2) is 18.2 Å². The van der Waals surface area contributed by atoms with Crippen molar-refractivity contribution in [1.29, 1.82) is 0 Å². The minimum Gasteiger partial charge on any atom is -0.365 e. The van der Waals surface area contributed by atoms with Crippen molar-refractivity contribution in [2.75, 3.05) is 11.9 Å². The van der Waals surface area contributed by atoms with Gasteiger partial charge in [-0.15, -0.1) is 0 Å². The third-order valence-electron chi connectivity index (χ3n) is 2.04. The predicted octanol–water partition coefficient (Wildman–Crippen LogP) is 1.04. The smallest absolute Gasteiger partial charge is 0.222 e. The molecule has 1 unspecified atom stereocenters. The van der Waals surface area contributed by atoms with E-state index >= 15 is 0 Å². The van der Waals surface area contributed by atoms with E-state index in [1.165, 1.54) is 0 Å². The van der Waals surface area contributed by atoms with Crippen LogP contribution in [0.4, 0.5) is 5.82 Å². The van der Waals surface area contributed by atoms with Gasteiger partial charge in [-0.3, -0.25) is 4.79 Å². The molecule has 0 saturated carbocycles. The summed E-state index contributed by atoms with van der Waals surface area (Å²) in [6.45, 7) is 0.646. The number of aromatic nitrogens is 1. The van der Waals surface area contributed by atoms with Crippen LogP contribution < -0.4 is 10.6 Å². The quantitative estimate of drug-likeness (QED) is 0.719. The van der Waals surface area contributed by atoms with Crippen molar-refractivity contribution in [2.45, 2.75) is 12.5 Å². The minimum absolute atomic E-state index is 0.0736. The zero-order valence-electron chi connectivity index (χ0n) is 7.46. The van der Waals surface area contributed by atoms with E-state index < -0.39 is 0 Å². The van der Waals surface area contributed by atoms with Gasteiger partial charge in [0.25, 0.3) is 0 Å². The predicted molar refractivity (Wildman–Crippen MR) is 54.3 cm³/mol. The standard InChI is InChI=1S/C9H10ClN3O/c10-7-2-1-3-8(13-7)12-6-4-9(14)11-5-6/h1-3,6H,4-5H2,(H,11,14)(H,12,13). The lowest BCUT2D eigenvalue weighted by atomic mass is 10.2. The normalized spacial score (nSPS) is 20.6. The summed E-state index contributed by atoms with van der Waals surface area (Å²) < 4.78 is 0. The Kier molecular flexibility index (Phi) is 2.54. The minimum atomic E-state index is 0.0736. The van der Waals surface area contributed by atoms with Crippen molar-refractivity contribution in [1.82, 2.24) is 10.3 Å². The molecule has 0 aromatic carbocycles. The van der Waals surface area contributed by atoms with E-state index in [0.29, 0.717) is 23.9 Å². The second-order valence-corrected chi connectivity index (χ2v) is 3.58. The van der Waals surface area contributed by atoms with E-state index in [9.17, 15) is 4.79 Å². The Labute approximate surface area is 86.7 Å². The summed E-state index contributed by atoms with van der Waals surface area (Å²) in [7, 11) is 0. The van der Waals surface area contributed by atoms with Crippen LogP contribution in [0.1, 0.15) is 6.42 Å². The Morgan fingerprint density at radius 1 is 1.57 bits per heavy atom. The molecule has 0 spiro atoms. The van der Waals surface area contributed by atoms with Gasteiger partial charge in [-0.25, -0.2) is 4.98 Å². The SMILES string of the molecule is O=C1CC(Nc2cccc(Cl)n2)CN1. The molecule has 1 fully saturated rings. The molecule has 1 saturated heterocycles. The Morgan fingerprint density at radius 2 is 2.43 bits per heavy atom. The fraction of sp³-hybridized carbons (Fsp3) is 0.333. The lowest BCUT2D eigenvalue weighted by Crippen LogP contribution is -2.22. The number of rotatable bonds is 2. The highest BCUT2D eigenvalue weighted by Crippen LogP contribution is 2.12. The largest absolute Gasteiger partial charge is 0.365 e. The molecule has 74 valence electrons. The van der Waals surface area contributed by atoms with Gasteiger partial charge in [-0.05, 0) is 12.1 Å². The van der Waals surface area contributed by atoms with Gasteiger partial charge in [0.2, 0.25) is 5.91 Å². The number of amides is 1. The molecular weight excluding hydrogens is 202 g/mol. The molecule has 1 aromatic heterocycles. The summed E-state index contributed by atoms with van der Waals surface area (Å²) in [5.41, 5.74) is 0. The second-order valence-electron chi connectivity index (χ2n) is 3.20. The third kappa shape index (κ3) is 2.14. The number of carbonyl (C=O) groups excluding carboxylic acids is 1. The van der Waals surface area contributed by atoms with Crippen LogP contribution in [0.5, 0.6) is 0 Å². The first-order chi connectivity index (χ1) is 6.74. The molecule has 5 heteroatoms. The molecule has 0 bridgehead atoms. The molecule has 1 aromatic rings. The van der Waals surface area contributed by atoms with Crippen molar-refractivity contribution in [2.24, 2.45) is 0 Å². The fourth-order valence-electron chi connectivity index (χ4n) is 1.41. The van der Waals surface area contributed by atoms with Gasteiger partial charge in [0.05, 0.1) is 6.04 Å². The van der Waals surface area contributed by atoms with Gasteiger partial charge in [0, 0.05) is 13.0 Å². The van der Waals surface area contributed by atoms with E-state index in [-0.39, 0.29) is 11.9 Å². The number of carbonyl (C=O) groups is 1. The fourth-order valence-corrected chi connectivity index (χ4v) is 1.57. The first-order valence-electron chi connectivity index (χ1n) is 4.40. The van der Waals surface area contributed by atoms with Crippen molar-refractivity contribution < 1.29 is 4.79 Å². The molecule has 0 aliphatic carbocycles. The molecular formula is C9H10ClN3O. The summed E-state index contributed by atoms with van der Waals surface area (Å²) in [5, 5.41) is 6.33. The molecule has 0 radical (unpaired) electrons. The number of halogens is 1. The van der Waals surface area contributed by atoms with Crippen molar-refractivity contribution in [3.05, 3.63) is 23.4 Å². The van der Waals surface area contributed by atoms with Crippen LogP contribution in [-0.2, 0) is 4.79 Å². The van der Waals surface area contributed by atoms with Crippen molar-refractivity contribution in [3.63, 3.8) is 0 Å². The maximum Gasteiger partial charge on any atom is 0.222 e. The zero-order chi connectivity index (χ0) is 9.97. The molecule has 2 rings (SSSR count). The van der Waals surface area contributed by atoms with Crippen LogP contribution in [0.2, 0.25) is 5.15 Å². The Bertz CT molecular complexity index is 356. The van der Waals surface area contributed by atoms with E-state index in [2.05, 4.69) is 15.6 Å². The first kappa shape index (κ1) is 9.27. The summed E-state index contributed by atoms with van der Waals surface area (Å²) in [5.74, 6) is 0.781. The van der Waals surface area contributed by atoms with Gasteiger partial charge < -0.3 is 10.6 Å². The molecule has 14 heavy (non-hydrogen) atoms. The molecule has 1 aliphatic rings. The lowest BCUT2D eigenvalue weighted by molar-refractivity contribution is -0.119. The molecule has 1 amide bonds. The number of hydrogen-bond donors (Lipinski definition) is 2. The van der Waals surface area contributed by atoms with Crippen molar-refractivity contribution >= 4 is 23.3 Å². The van der Waals surface area contributed by atoms with Crippen molar-refractivity contribution in [3.8, 4) is 0 Å².